The molecule has 19 heavy (non-hydrogen) atoms. The predicted octanol–water partition coefficient (Wildman–Crippen LogP) is 1.60. The zero-order valence-corrected chi connectivity index (χ0v) is 11.0. The number of halogens is 3. The first-order valence-electron chi connectivity index (χ1n) is 5.90. The zero-order chi connectivity index (χ0) is 14.7. The first-order chi connectivity index (χ1) is 8.62. The van der Waals surface area contributed by atoms with Crippen molar-refractivity contribution in [1.29, 1.82) is 0 Å². The molecule has 9 heteroatoms. The highest BCUT2D eigenvalue weighted by molar-refractivity contribution is 7.89. The van der Waals surface area contributed by atoms with Crippen LogP contribution >= 0.6 is 0 Å². The summed E-state index contributed by atoms with van der Waals surface area (Å²) in [6, 6.07) is -0.241. The summed E-state index contributed by atoms with van der Waals surface area (Å²) in [5.41, 5.74) is 0. The smallest absolute Gasteiger partial charge is 0.389 e. The summed E-state index contributed by atoms with van der Waals surface area (Å²) in [4.78, 5) is 10.4. The molecule has 112 valence electrons. The van der Waals surface area contributed by atoms with Crippen molar-refractivity contribution in [2.45, 2.75) is 44.3 Å². The lowest BCUT2D eigenvalue weighted by atomic mass is 10.3. The number of nitrogens with zero attached hydrogens (tertiary/aromatic N) is 1. The molecule has 0 atom stereocenters. The number of carbonyl (C=O) groups is 1. The fourth-order valence-corrected chi connectivity index (χ4v) is 3.47. The Labute approximate surface area is 109 Å². The lowest BCUT2D eigenvalue weighted by Crippen LogP contribution is -2.36. The van der Waals surface area contributed by atoms with Crippen molar-refractivity contribution in [2.75, 3.05) is 12.3 Å². The average Bonchev–Trinajstić information content (AvgIpc) is 2.98. The molecule has 0 aromatic carbocycles. The minimum atomic E-state index is -4.37. The van der Waals surface area contributed by atoms with Crippen molar-refractivity contribution in [3.05, 3.63) is 0 Å². The van der Waals surface area contributed by atoms with Crippen molar-refractivity contribution in [3.8, 4) is 0 Å². The van der Waals surface area contributed by atoms with E-state index in [4.69, 9.17) is 5.11 Å². The standard InChI is InChI=1S/C10H16F3NO4S/c11-10(12,13)5-1-7-19(17,18)14(8-2-3-8)6-4-9(15)16/h8H,1-7H2,(H,15,16). The molecular weight excluding hydrogens is 287 g/mol. The summed E-state index contributed by atoms with van der Waals surface area (Å²) < 4.78 is 60.7. The number of aliphatic carboxylic acids is 1. The van der Waals surface area contributed by atoms with Gasteiger partial charge in [0, 0.05) is 19.0 Å². The van der Waals surface area contributed by atoms with Crippen LogP contribution in [-0.4, -0.2) is 48.3 Å². The topological polar surface area (TPSA) is 74.7 Å². The molecule has 0 aromatic rings. The number of hydrogen-bond acceptors (Lipinski definition) is 3. The monoisotopic (exact) mass is 303 g/mol. The average molecular weight is 303 g/mol. The lowest BCUT2D eigenvalue weighted by Gasteiger charge is -2.21. The summed E-state index contributed by atoms with van der Waals surface area (Å²) in [5.74, 6) is -1.72. The van der Waals surface area contributed by atoms with Gasteiger partial charge in [-0.2, -0.15) is 17.5 Å². The van der Waals surface area contributed by atoms with Crippen LogP contribution in [-0.2, 0) is 14.8 Å². The van der Waals surface area contributed by atoms with Crippen LogP contribution in [0.15, 0.2) is 0 Å². The van der Waals surface area contributed by atoms with Crippen LogP contribution < -0.4 is 0 Å². The first-order valence-corrected chi connectivity index (χ1v) is 7.51. The van der Waals surface area contributed by atoms with Gasteiger partial charge in [0.25, 0.3) is 0 Å². The SMILES string of the molecule is O=C(O)CCN(C1CC1)S(=O)(=O)CCCC(F)(F)F. The first kappa shape index (κ1) is 16.2. The highest BCUT2D eigenvalue weighted by Gasteiger charge is 2.37. The Balaban J connectivity index is 2.53. The molecule has 0 aromatic heterocycles. The van der Waals surface area contributed by atoms with Gasteiger partial charge in [0.1, 0.15) is 0 Å². The summed E-state index contributed by atoms with van der Waals surface area (Å²) in [6.07, 6.45) is -5.09. The van der Waals surface area contributed by atoms with E-state index in [9.17, 15) is 26.4 Å². The van der Waals surface area contributed by atoms with Crippen LogP contribution in [0.1, 0.15) is 32.1 Å². The fourth-order valence-electron chi connectivity index (χ4n) is 1.69. The molecule has 0 unspecified atom stereocenters. The van der Waals surface area contributed by atoms with E-state index < -0.39 is 40.8 Å². The molecule has 5 nitrogen and oxygen atoms in total. The Kier molecular flexibility index (Phi) is 5.19. The van der Waals surface area contributed by atoms with Gasteiger partial charge in [-0.1, -0.05) is 0 Å². The van der Waals surface area contributed by atoms with E-state index in [2.05, 4.69) is 0 Å². The third kappa shape index (κ3) is 6.24. The van der Waals surface area contributed by atoms with E-state index in [0.29, 0.717) is 12.8 Å². The molecule has 0 amide bonds. The Morgan fingerprint density at radius 1 is 1.32 bits per heavy atom. The summed E-state index contributed by atoms with van der Waals surface area (Å²) in [6.45, 7) is -0.172. The Bertz CT molecular complexity index is 417. The van der Waals surface area contributed by atoms with E-state index in [-0.39, 0.29) is 19.0 Å². The summed E-state index contributed by atoms with van der Waals surface area (Å²) >= 11 is 0. The van der Waals surface area contributed by atoms with Gasteiger partial charge >= 0.3 is 12.1 Å². The minimum Gasteiger partial charge on any atom is -0.481 e. The van der Waals surface area contributed by atoms with Crippen LogP contribution in [0.2, 0.25) is 0 Å². The van der Waals surface area contributed by atoms with E-state index >= 15 is 0 Å². The molecule has 0 heterocycles. The third-order valence-corrected chi connectivity index (χ3v) is 4.72. The molecule has 1 aliphatic rings. The van der Waals surface area contributed by atoms with Crippen LogP contribution in [0.3, 0.4) is 0 Å². The van der Waals surface area contributed by atoms with Crippen molar-refractivity contribution in [2.24, 2.45) is 0 Å². The van der Waals surface area contributed by atoms with E-state index in [1.54, 1.807) is 0 Å². The number of carboxylic acid groups (broad SMARTS) is 1. The second-order valence-corrected chi connectivity index (χ2v) is 6.56. The van der Waals surface area contributed by atoms with Gasteiger partial charge in [0.15, 0.2) is 0 Å². The van der Waals surface area contributed by atoms with E-state index in [1.807, 2.05) is 0 Å². The normalized spacial score (nSPS) is 16.8. The molecule has 0 aliphatic heterocycles. The molecule has 1 N–H and O–H groups in total. The largest absolute Gasteiger partial charge is 0.481 e. The van der Waals surface area contributed by atoms with Gasteiger partial charge in [0.2, 0.25) is 10.0 Å². The van der Waals surface area contributed by atoms with Crippen LogP contribution in [0, 0.1) is 0 Å². The van der Waals surface area contributed by atoms with E-state index in [0.717, 1.165) is 4.31 Å². The second-order valence-electron chi connectivity index (χ2n) is 4.52. The maximum Gasteiger partial charge on any atom is 0.389 e. The zero-order valence-electron chi connectivity index (χ0n) is 10.2. The lowest BCUT2D eigenvalue weighted by molar-refractivity contribution is -0.137. The van der Waals surface area contributed by atoms with Gasteiger partial charge in [-0.05, 0) is 19.3 Å². The van der Waals surface area contributed by atoms with Crippen molar-refractivity contribution in [3.63, 3.8) is 0 Å². The molecule has 0 radical (unpaired) electrons. The number of hydrogen-bond donors (Lipinski definition) is 1. The molecule has 0 spiro atoms. The number of rotatable bonds is 8. The Morgan fingerprint density at radius 3 is 2.32 bits per heavy atom. The minimum absolute atomic E-state index is 0.172. The van der Waals surface area contributed by atoms with Gasteiger partial charge in [-0.15, -0.1) is 0 Å². The molecule has 1 aliphatic carbocycles. The molecular formula is C10H16F3NO4S. The molecule has 1 rings (SSSR count). The van der Waals surface area contributed by atoms with E-state index in [1.165, 1.54) is 0 Å². The highest BCUT2D eigenvalue weighted by atomic mass is 32.2. The number of alkyl halides is 3. The summed E-state index contributed by atoms with van der Waals surface area (Å²) in [5, 5.41) is 8.54. The van der Waals surface area contributed by atoms with Gasteiger partial charge in [-0.3, -0.25) is 4.79 Å². The maximum absolute atomic E-state index is 12.0. The summed E-state index contributed by atoms with van der Waals surface area (Å²) in [7, 11) is -3.81. The third-order valence-electron chi connectivity index (χ3n) is 2.72. The Morgan fingerprint density at radius 2 is 1.89 bits per heavy atom. The van der Waals surface area contributed by atoms with Crippen molar-refractivity contribution in [1.82, 2.24) is 4.31 Å². The maximum atomic E-state index is 12.0. The molecule has 1 fully saturated rings. The molecule has 0 bridgehead atoms. The number of carboxylic acids is 1. The van der Waals surface area contributed by atoms with Crippen LogP contribution in [0.4, 0.5) is 13.2 Å². The molecule has 1 saturated carbocycles. The quantitative estimate of drug-likeness (QED) is 0.739. The van der Waals surface area contributed by atoms with Gasteiger partial charge < -0.3 is 5.11 Å². The fraction of sp³-hybridized carbons (Fsp3) is 0.900. The van der Waals surface area contributed by atoms with Crippen molar-refractivity contribution >= 4 is 16.0 Å². The van der Waals surface area contributed by atoms with Crippen molar-refractivity contribution < 1.29 is 31.5 Å². The Hall–Kier alpha value is -0.830. The van der Waals surface area contributed by atoms with Crippen LogP contribution in [0.25, 0.3) is 0 Å². The molecule has 0 saturated heterocycles. The second kappa shape index (κ2) is 6.08. The van der Waals surface area contributed by atoms with Crippen LogP contribution in [0.5, 0.6) is 0 Å². The predicted molar refractivity (Wildman–Crippen MR) is 61.1 cm³/mol. The van der Waals surface area contributed by atoms with Gasteiger partial charge in [0.05, 0.1) is 12.2 Å². The highest BCUT2D eigenvalue weighted by Crippen LogP contribution is 2.30. The van der Waals surface area contributed by atoms with Gasteiger partial charge in [-0.25, -0.2) is 8.42 Å². The number of sulfonamides is 1.